The van der Waals surface area contributed by atoms with Gasteiger partial charge in [0.05, 0.1) is 0 Å². The third kappa shape index (κ3) is 3.13. The lowest BCUT2D eigenvalue weighted by atomic mass is 9.47. The van der Waals surface area contributed by atoms with Gasteiger partial charge in [-0.05, 0) is 84.3 Å². The van der Waals surface area contributed by atoms with Crippen LogP contribution < -0.4 is 0 Å². The van der Waals surface area contributed by atoms with Gasteiger partial charge < -0.3 is 4.74 Å². The van der Waals surface area contributed by atoms with E-state index in [1.807, 2.05) is 12.4 Å². The minimum Gasteiger partial charge on any atom is -0.461 e. The molecule has 6 atom stereocenters. The van der Waals surface area contributed by atoms with Gasteiger partial charge in [0.1, 0.15) is 11.4 Å². The topological polar surface area (TPSA) is 39.2 Å². The summed E-state index contributed by atoms with van der Waals surface area (Å²) >= 11 is 3.22. The van der Waals surface area contributed by atoms with E-state index in [9.17, 15) is 4.79 Å². The molecule has 0 aromatic carbocycles. The second-order valence-electron chi connectivity index (χ2n) is 10.3. The molecule has 6 unspecified atom stereocenters. The van der Waals surface area contributed by atoms with E-state index in [1.165, 1.54) is 36.8 Å². The lowest BCUT2D eigenvalue weighted by molar-refractivity contribution is -0.147. The van der Waals surface area contributed by atoms with Crippen molar-refractivity contribution in [3.63, 3.8) is 0 Å². The number of carbonyl (C=O) groups excluding carboxylic acids is 1. The van der Waals surface area contributed by atoms with Gasteiger partial charge in [0.25, 0.3) is 0 Å². The van der Waals surface area contributed by atoms with Gasteiger partial charge in [-0.3, -0.25) is 9.78 Å². The van der Waals surface area contributed by atoms with E-state index in [-0.39, 0.29) is 28.2 Å². The highest BCUT2D eigenvalue weighted by Gasteiger charge is 2.57. The van der Waals surface area contributed by atoms with Crippen LogP contribution in [0.3, 0.4) is 0 Å². The van der Waals surface area contributed by atoms with Crippen LogP contribution in [0.15, 0.2) is 42.3 Å². The molecule has 0 N–H and O–H groups in total. The number of pyridine rings is 1. The summed E-state index contributed by atoms with van der Waals surface area (Å²) in [5.41, 5.74) is 4.95. The predicted octanol–water partition coefficient (Wildman–Crippen LogP) is 6.34. The van der Waals surface area contributed by atoms with Gasteiger partial charge in [-0.1, -0.05) is 53.6 Å². The van der Waals surface area contributed by atoms with Crippen LogP contribution in [-0.2, 0) is 9.53 Å². The molecule has 1 aromatic heterocycles. The summed E-state index contributed by atoms with van der Waals surface area (Å²) in [7, 11) is 0. The summed E-state index contributed by atoms with van der Waals surface area (Å²) in [4.78, 5) is 16.1. The largest absolute Gasteiger partial charge is 0.461 e. The summed E-state index contributed by atoms with van der Waals surface area (Å²) in [6.45, 7) is 5.02. The zero-order chi connectivity index (χ0) is 20.9. The molecule has 4 heteroatoms. The van der Waals surface area contributed by atoms with Gasteiger partial charge in [0.15, 0.2) is 0 Å². The molecule has 0 saturated heterocycles. The van der Waals surface area contributed by atoms with Crippen LogP contribution >= 0.6 is 15.9 Å². The average molecular weight is 470 g/mol. The first-order valence-electron chi connectivity index (χ1n) is 11.5. The highest BCUT2D eigenvalue weighted by Crippen LogP contribution is 2.66. The smallest absolute Gasteiger partial charge is 0.316 e. The number of ether oxygens (including phenoxy) is 1. The Morgan fingerprint density at radius 2 is 2.00 bits per heavy atom. The van der Waals surface area contributed by atoms with Gasteiger partial charge in [-0.15, -0.1) is 0 Å². The minimum absolute atomic E-state index is 0.0603. The standard InChI is InChI=1S/C26H32BrNO2/c1-25-11-9-19(30-24(29)15-27)14-18(25)5-6-20-22-8-7-21(17-4-3-13-28-16-17)26(22,2)12-10-23(20)25/h3-5,7,13,16,19-20,22-23H,6,8-12,14-15H2,1-2H3. The molecule has 0 radical (unpaired) electrons. The molecular formula is C26H32BrNO2. The Morgan fingerprint density at radius 3 is 2.77 bits per heavy atom. The molecule has 1 aromatic rings. The van der Waals surface area contributed by atoms with Crippen LogP contribution in [0.5, 0.6) is 0 Å². The summed E-state index contributed by atoms with van der Waals surface area (Å²) in [6.07, 6.45) is 17.0. The predicted molar refractivity (Wildman–Crippen MR) is 123 cm³/mol. The van der Waals surface area contributed by atoms with Crippen molar-refractivity contribution in [3.05, 3.63) is 47.8 Å². The van der Waals surface area contributed by atoms with E-state index in [0.29, 0.717) is 0 Å². The zero-order valence-corrected chi connectivity index (χ0v) is 19.7. The van der Waals surface area contributed by atoms with Gasteiger partial charge in [0, 0.05) is 18.8 Å². The molecule has 2 saturated carbocycles. The zero-order valence-electron chi connectivity index (χ0n) is 18.1. The van der Waals surface area contributed by atoms with E-state index in [2.05, 4.69) is 59.0 Å². The molecule has 3 nitrogen and oxygen atoms in total. The Morgan fingerprint density at radius 1 is 1.17 bits per heavy atom. The molecule has 0 amide bonds. The molecule has 4 aliphatic carbocycles. The fraction of sp³-hybridized carbons (Fsp3) is 0.615. The highest BCUT2D eigenvalue weighted by atomic mass is 79.9. The van der Waals surface area contributed by atoms with Crippen molar-refractivity contribution >= 4 is 27.5 Å². The van der Waals surface area contributed by atoms with Crippen molar-refractivity contribution in [2.45, 2.75) is 64.9 Å². The van der Waals surface area contributed by atoms with E-state index in [0.717, 1.165) is 37.0 Å². The monoisotopic (exact) mass is 469 g/mol. The van der Waals surface area contributed by atoms with Crippen molar-refractivity contribution in [3.8, 4) is 0 Å². The molecule has 5 rings (SSSR count). The summed E-state index contributed by atoms with van der Waals surface area (Å²) in [5, 5.41) is 0.289. The number of carbonyl (C=O) groups is 1. The fourth-order valence-electron chi connectivity index (χ4n) is 7.48. The molecular weight excluding hydrogens is 438 g/mol. The molecule has 2 fully saturated rings. The first kappa shape index (κ1) is 20.5. The van der Waals surface area contributed by atoms with E-state index in [4.69, 9.17) is 4.74 Å². The normalized spacial score (nSPS) is 39.8. The number of fused-ring (bicyclic) bond motifs is 5. The molecule has 4 aliphatic rings. The third-order valence-corrected chi connectivity index (χ3v) is 9.48. The summed E-state index contributed by atoms with van der Waals surface area (Å²) < 4.78 is 5.68. The van der Waals surface area contributed by atoms with Gasteiger partial charge in [-0.25, -0.2) is 0 Å². The number of aromatic nitrogens is 1. The quantitative estimate of drug-likeness (QED) is 0.294. The van der Waals surface area contributed by atoms with Crippen LogP contribution in [0.2, 0.25) is 0 Å². The van der Waals surface area contributed by atoms with Crippen LogP contribution in [-0.4, -0.2) is 22.4 Å². The molecule has 30 heavy (non-hydrogen) atoms. The number of rotatable bonds is 3. The maximum atomic E-state index is 11.8. The molecule has 160 valence electrons. The Kier molecular flexibility index (Phi) is 5.20. The second kappa shape index (κ2) is 7.62. The summed E-state index contributed by atoms with van der Waals surface area (Å²) in [6, 6.07) is 4.30. The molecule has 0 spiro atoms. The minimum atomic E-state index is -0.133. The van der Waals surface area contributed by atoms with Crippen LogP contribution in [0.25, 0.3) is 5.57 Å². The third-order valence-electron chi connectivity index (χ3n) is 9.02. The summed E-state index contributed by atoms with van der Waals surface area (Å²) in [5.74, 6) is 2.10. The van der Waals surface area contributed by atoms with Crippen LogP contribution in [0.4, 0.5) is 0 Å². The van der Waals surface area contributed by atoms with E-state index in [1.54, 1.807) is 5.57 Å². The van der Waals surface area contributed by atoms with E-state index < -0.39 is 0 Å². The molecule has 1 heterocycles. The van der Waals surface area contributed by atoms with Crippen molar-refractivity contribution in [1.29, 1.82) is 0 Å². The molecule has 0 aliphatic heterocycles. The first-order valence-corrected chi connectivity index (χ1v) is 12.6. The first-order chi connectivity index (χ1) is 14.5. The van der Waals surface area contributed by atoms with Crippen molar-refractivity contribution in [2.24, 2.45) is 28.6 Å². The maximum absolute atomic E-state index is 11.8. The number of nitrogens with zero attached hydrogens (tertiary/aromatic N) is 1. The van der Waals surface area contributed by atoms with Crippen LogP contribution in [0, 0.1) is 28.6 Å². The number of hydrogen-bond acceptors (Lipinski definition) is 3. The SMILES string of the molecule is CC12CCC(OC(=O)CBr)CC1=CCC1C2CCC2(C)C(c3cccnc3)=CCC12. The number of hydrogen-bond donors (Lipinski definition) is 0. The van der Waals surface area contributed by atoms with Crippen molar-refractivity contribution in [2.75, 3.05) is 5.33 Å². The van der Waals surface area contributed by atoms with Crippen molar-refractivity contribution in [1.82, 2.24) is 4.98 Å². The Balaban J connectivity index is 1.38. The molecule has 0 bridgehead atoms. The van der Waals surface area contributed by atoms with Crippen molar-refractivity contribution < 1.29 is 9.53 Å². The fourth-order valence-corrected chi connectivity index (χ4v) is 7.61. The van der Waals surface area contributed by atoms with Gasteiger partial charge in [0.2, 0.25) is 0 Å². The Labute approximate surface area is 188 Å². The number of allylic oxidation sites excluding steroid dienone is 3. The lowest BCUT2D eigenvalue weighted by Gasteiger charge is -2.57. The Hall–Kier alpha value is -1.42. The van der Waals surface area contributed by atoms with E-state index >= 15 is 0 Å². The number of alkyl halides is 1. The van der Waals surface area contributed by atoms with Gasteiger partial charge >= 0.3 is 5.97 Å². The average Bonchev–Trinajstić information content (AvgIpc) is 3.11. The Bertz CT molecular complexity index is 894. The number of esters is 1. The lowest BCUT2D eigenvalue weighted by Crippen LogP contribution is -2.50. The van der Waals surface area contributed by atoms with Crippen LogP contribution in [0.1, 0.15) is 64.4 Å². The maximum Gasteiger partial charge on any atom is 0.316 e. The highest BCUT2D eigenvalue weighted by molar-refractivity contribution is 9.09. The number of halogens is 1. The second-order valence-corrected chi connectivity index (χ2v) is 10.9. The van der Waals surface area contributed by atoms with Gasteiger partial charge in [-0.2, -0.15) is 0 Å².